The Balaban J connectivity index is 0.000000429. The molecule has 2 amide bonds. The molecule has 0 aliphatic carbocycles. The second-order valence-electron chi connectivity index (χ2n) is 9.76. The molecule has 11 heteroatoms. The Morgan fingerprint density at radius 3 is 2.31 bits per heavy atom. The molecule has 8 nitrogen and oxygen atoms in total. The van der Waals surface area contributed by atoms with Gasteiger partial charge in [-0.3, -0.25) is 9.59 Å². The summed E-state index contributed by atoms with van der Waals surface area (Å²) in [6, 6.07) is 9.43. The second-order valence-corrected chi connectivity index (χ2v) is 9.76. The van der Waals surface area contributed by atoms with Gasteiger partial charge in [-0.1, -0.05) is 32.0 Å². The number of carbonyl (C=O) groups excluding carboxylic acids is 2. The summed E-state index contributed by atoms with van der Waals surface area (Å²) < 4.78 is 37.3. The standard InChI is InChI=1S/C22H31N3O3.C2HF3O2/c1-16(2)12-24-13-18-19(14-24)22(23-21(18)27)8-10-25(11-9-22)20(26)15-28-17-6-4-3-5-7-17;3-2(4,5)1(6)7/h3-7,16,18-19H,8-15H2,1-2H3,(H,23,27);(H,6,7)/t18-,19+;/m1./s1. The van der Waals surface area contributed by atoms with Gasteiger partial charge >= 0.3 is 12.1 Å². The van der Waals surface area contributed by atoms with Crippen molar-refractivity contribution < 1.29 is 37.4 Å². The summed E-state index contributed by atoms with van der Waals surface area (Å²) >= 11 is 0. The van der Waals surface area contributed by atoms with Crippen LogP contribution in [0.25, 0.3) is 0 Å². The van der Waals surface area contributed by atoms with E-state index in [1.807, 2.05) is 35.2 Å². The lowest BCUT2D eigenvalue weighted by atomic mass is 9.75. The quantitative estimate of drug-likeness (QED) is 0.646. The number of amides is 2. The number of hydrogen-bond donors (Lipinski definition) is 2. The Kier molecular flexibility index (Phi) is 8.30. The minimum Gasteiger partial charge on any atom is -0.484 e. The first kappa shape index (κ1) is 26.8. The highest BCUT2D eigenvalue weighted by atomic mass is 19.4. The van der Waals surface area contributed by atoms with Gasteiger partial charge in [-0.15, -0.1) is 0 Å². The van der Waals surface area contributed by atoms with Crippen LogP contribution in [0.3, 0.4) is 0 Å². The van der Waals surface area contributed by atoms with Crippen LogP contribution in [0.5, 0.6) is 5.75 Å². The number of nitrogens with one attached hydrogen (secondary N) is 1. The first-order valence-corrected chi connectivity index (χ1v) is 11.7. The fourth-order valence-corrected chi connectivity index (χ4v) is 5.21. The summed E-state index contributed by atoms with van der Waals surface area (Å²) in [5, 5.41) is 10.5. The Morgan fingerprint density at radius 2 is 1.77 bits per heavy atom. The molecule has 3 aliphatic heterocycles. The van der Waals surface area contributed by atoms with Crippen molar-refractivity contribution in [1.29, 1.82) is 0 Å². The first-order valence-electron chi connectivity index (χ1n) is 11.7. The molecule has 1 aromatic rings. The highest BCUT2D eigenvalue weighted by Gasteiger charge is 2.57. The summed E-state index contributed by atoms with van der Waals surface area (Å²) in [5.74, 6) is -0.712. The number of aliphatic carboxylic acids is 1. The van der Waals surface area contributed by atoms with E-state index in [-0.39, 0.29) is 29.9 Å². The molecular weight excluding hydrogens is 467 g/mol. The van der Waals surface area contributed by atoms with Crippen LogP contribution in [0.2, 0.25) is 0 Å². The Hall–Kier alpha value is -2.82. The molecule has 2 N–H and O–H groups in total. The van der Waals surface area contributed by atoms with E-state index in [0.717, 1.165) is 32.5 Å². The number of carbonyl (C=O) groups is 3. The molecule has 0 bridgehead atoms. The van der Waals surface area contributed by atoms with Crippen LogP contribution in [0.1, 0.15) is 26.7 Å². The Morgan fingerprint density at radius 1 is 1.17 bits per heavy atom. The maximum absolute atomic E-state index is 12.6. The number of para-hydroxylation sites is 1. The van der Waals surface area contributed by atoms with Crippen LogP contribution in [-0.4, -0.2) is 83.7 Å². The van der Waals surface area contributed by atoms with E-state index in [1.54, 1.807) is 0 Å². The number of rotatable bonds is 5. The Bertz CT molecular complexity index is 901. The number of benzene rings is 1. The number of carboxylic acid groups (broad SMARTS) is 1. The van der Waals surface area contributed by atoms with E-state index in [0.29, 0.717) is 30.7 Å². The van der Waals surface area contributed by atoms with E-state index in [4.69, 9.17) is 14.6 Å². The van der Waals surface area contributed by atoms with Gasteiger partial charge in [0.2, 0.25) is 5.91 Å². The van der Waals surface area contributed by atoms with E-state index in [1.165, 1.54) is 0 Å². The fourth-order valence-electron chi connectivity index (χ4n) is 5.21. The molecule has 35 heavy (non-hydrogen) atoms. The van der Waals surface area contributed by atoms with Crippen LogP contribution < -0.4 is 10.1 Å². The van der Waals surface area contributed by atoms with Gasteiger partial charge in [0.25, 0.3) is 5.91 Å². The maximum Gasteiger partial charge on any atom is 0.490 e. The lowest BCUT2D eigenvalue weighted by Crippen LogP contribution is -2.56. The molecule has 3 fully saturated rings. The van der Waals surface area contributed by atoms with Crippen molar-refractivity contribution in [3.8, 4) is 5.75 Å². The molecule has 0 unspecified atom stereocenters. The third-order valence-corrected chi connectivity index (χ3v) is 6.79. The van der Waals surface area contributed by atoms with Crippen LogP contribution in [0.15, 0.2) is 30.3 Å². The molecule has 3 saturated heterocycles. The highest BCUT2D eigenvalue weighted by molar-refractivity contribution is 5.84. The molecular formula is C24H32F3N3O5. The highest BCUT2D eigenvalue weighted by Crippen LogP contribution is 2.44. The first-order chi connectivity index (χ1) is 16.4. The molecule has 0 saturated carbocycles. The smallest absolute Gasteiger partial charge is 0.484 e. The van der Waals surface area contributed by atoms with Gasteiger partial charge < -0.3 is 25.0 Å². The average molecular weight is 500 g/mol. The van der Waals surface area contributed by atoms with E-state index in [2.05, 4.69) is 24.1 Å². The molecule has 194 valence electrons. The third-order valence-electron chi connectivity index (χ3n) is 6.79. The molecule has 1 spiro atoms. The normalized spacial score (nSPS) is 23.5. The molecule has 2 atom stereocenters. The van der Waals surface area contributed by atoms with Crippen molar-refractivity contribution >= 4 is 17.8 Å². The van der Waals surface area contributed by atoms with Crippen molar-refractivity contribution in [2.24, 2.45) is 17.8 Å². The number of hydrogen-bond acceptors (Lipinski definition) is 5. The lowest BCUT2D eigenvalue weighted by Gasteiger charge is -2.42. The largest absolute Gasteiger partial charge is 0.490 e. The number of alkyl halides is 3. The summed E-state index contributed by atoms with van der Waals surface area (Å²) in [5.41, 5.74) is -0.134. The Labute approximate surface area is 202 Å². The number of fused-ring (bicyclic) bond motifs is 2. The minimum absolute atomic E-state index is 0.0208. The predicted octanol–water partition coefficient (Wildman–Crippen LogP) is 2.39. The van der Waals surface area contributed by atoms with Gasteiger partial charge in [0.15, 0.2) is 6.61 Å². The second kappa shape index (κ2) is 10.8. The van der Waals surface area contributed by atoms with Gasteiger partial charge in [-0.25, -0.2) is 4.79 Å². The zero-order chi connectivity index (χ0) is 25.8. The molecule has 1 aromatic carbocycles. The minimum atomic E-state index is -5.08. The van der Waals surface area contributed by atoms with E-state index < -0.39 is 12.1 Å². The molecule has 0 radical (unpaired) electrons. The van der Waals surface area contributed by atoms with Gasteiger partial charge in [0, 0.05) is 44.2 Å². The monoisotopic (exact) mass is 499 g/mol. The molecule has 4 rings (SSSR count). The topological polar surface area (TPSA) is 99.2 Å². The zero-order valence-electron chi connectivity index (χ0n) is 19.9. The predicted molar refractivity (Wildman–Crippen MR) is 121 cm³/mol. The maximum atomic E-state index is 12.6. The van der Waals surface area contributed by atoms with Gasteiger partial charge in [0.1, 0.15) is 5.75 Å². The number of piperidine rings is 1. The van der Waals surface area contributed by atoms with Crippen LogP contribution >= 0.6 is 0 Å². The number of halogens is 3. The number of nitrogens with zero attached hydrogens (tertiary/aromatic N) is 2. The number of ether oxygens (including phenoxy) is 1. The van der Waals surface area contributed by atoms with Crippen LogP contribution in [0, 0.1) is 17.8 Å². The van der Waals surface area contributed by atoms with Gasteiger partial charge in [-0.2, -0.15) is 13.2 Å². The van der Waals surface area contributed by atoms with Crippen LogP contribution in [0.4, 0.5) is 13.2 Å². The average Bonchev–Trinajstić information content (AvgIpc) is 3.31. The number of likely N-dealkylation sites (tertiary alicyclic amines) is 2. The summed E-state index contributed by atoms with van der Waals surface area (Å²) in [6.45, 7) is 8.82. The van der Waals surface area contributed by atoms with Gasteiger partial charge in [0.05, 0.1) is 5.92 Å². The lowest BCUT2D eigenvalue weighted by molar-refractivity contribution is -0.192. The van der Waals surface area contributed by atoms with E-state index in [9.17, 15) is 22.8 Å². The fraction of sp³-hybridized carbons (Fsp3) is 0.625. The van der Waals surface area contributed by atoms with Crippen molar-refractivity contribution in [2.45, 2.75) is 38.4 Å². The van der Waals surface area contributed by atoms with Gasteiger partial charge in [-0.05, 0) is 30.9 Å². The SMILES string of the molecule is CC(C)CN1C[C@H]2C(=O)NC3(CCN(C(=O)COc4ccccc4)CC3)[C@H]2C1.O=C(O)C(F)(F)F. The van der Waals surface area contributed by atoms with Crippen molar-refractivity contribution in [3.05, 3.63) is 30.3 Å². The van der Waals surface area contributed by atoms with Crippen molar-refractivity contribution in [2.75, 3.05) is 39.3 Å². The number of carboxylic acids is 1. The zero-order valence-corrected chi connectivity index (χ0v) is 19.9. The van der Waals surface area contributed by atoms with Crippen molar-refractivity contribution in [1.82, 2.24) is 15.1 Å². The summed E-state index contributed by atoms with van der Waals surface area (Å²) in [7, 11) is 0. The van der Waals surface area contributed by atoms with E-state index >= 15 is 0 Å². The molecule has 3 aliphatic rings. The molecule has 0 aromatic heterocycles. The van der Waals surface area contributed by atoms with Crippen molar-refractivity contribution in [3.63, 3.8) is 0 Å². The van der Waals surface area contributed by atoms with Crippen LogP contribution in [-0.2, 0) is 14.4 Å². The third kappa shape index (κ3) is 6.65. The summed E-state index contributed by atoms with van der Waals surface area (Å²) in [4.78, 5) is 38.4. The summed E-state index contributed by atoms with van der Waals surface area (Å²) in [6.07, 6.45) is -3.40. The molecule has 3 heterocycles.